The monoisotopic (exact) mass is 350 g/mol. The highest BCUT2D eigenvalue weighted by Gasteiger charge is 2.23. The minimum Gasteiger partial charge on any atom is -0.448 e. The number of thiazole rings is 1. The predicted molar refractivity (Wildman–Crippen MR) is 90.4 cm³/mol. The maximum absolute atomic E-state index is 13.0. The average molecular weight is 350 g/mol. The second-order valence-corrected chi connectivity index (χ2v) is 6.65. The van der Waals surface area contributed by atoms with Crippen LogP contribution in [0, 0.1) is 12.7 Å². The van der Waals surface area contributed by atoms with Crippen molar-refractivity contribution in [1.82, 2.24) is 10.3 Å². The largest absolute Gasteiger partial charge is 0.448 e. The van der Waals surface area contributed by atoms with Crippen LogP contribution in [0.3, 0.4) is 0 Å². The van der Waals surface area contributed by atoms with Gasteiger partial charge < -0.3 is 10.1 Å². The fourth-order valence-corrected chi connectivity index (χ4v) is 2.93. The van der Waals surface area contributed by atoms with Crippen LogP contribution in [0.2, 0.25) is 0 Å². The number of aromatic nitrogens is 1. The first kappa shape index (κ1) is 18.1. The highest BCUT2D eigenvalue weighted by Crippen LogP contribution is 2.28. The number of carbonyl (C=O) groups excluding carboxylic acids is 2. The molecule has 2 aromatic rings. The summed E-state index contributed by atoms with van der Waals surface area (Å²) in [5.41, 5.74) is 1.23. The van der Waals surface area contributed by atoms with Crippen LogP contribution in [0.25, 0.3) is 10.6 Å². The first-order chi connectivity index (χ1) is 11.3. The normalized spacial score (nSPS) is 12.1. The van der Waals surface area contributed by atoms with E-state index in [4.69, 9.17) is 4.74 Å². The van der Waals surface area contributed by atoms with Gasteiger partial charge >= 0.3 is 5.97 Å². The molecule has 24 heavy (non-hydrogen) atoms. The molecule has 0 bridgehead atoms. The maximum atomic E-state index is 13.0. The number of carbonyl (C=O) groups is 2. The number of hydrogen-bond donors (Lipinski definition) is 1. The molecule has 0 spiro atoms. The summed E-state index contributed by atoms with van der Waals surface area (Å²) in [5, 5.41) is 3.28. The van der Waals surface area contributed by atoms with Crippen molar-refractivity contribution in [2.24, 2.45) is 0 Å². The van der Waals surface area contributed by atoms with E-state index in [2.05, 4.69) is 10.3 Å². The van der Waals surface area contributed by atoms with Crippen LogP contribution in [0.15, 0.2) is 24.3 Å². The maximum Gasteiger partial charge on any atom is 0.351 e. The van der Waals surface area contributed by atoms with Crippen LogP contribution in [0.4, 0.5) is 4.39 Å². The molecular formula is C17H19FN2O3S. The summed E-state index contributed by atoms with van der Waals surface area (Å²) in [5.74, 6) is -1.28. The number of esters is 1. The molecule has 1 atom stereocenters. The fraction of sp³-hybridized carbons (Fsp3) is 0.353. The topological polar surface area (TPSA) is 68.3 Å². The van der Waals surface area contributed by atoms with E-state index in [0.29, 0.717) is 21.1 Å². The standard InChI is InChI=1S/C17H19FN2O3S/c1-9(2)19-15(21)11(4)23-17(22)14-10(3)20-16(24-14)12-5-7-13(18)8-6-12/h5-9,11H,1-4H3,(H,19,21)/t11-/m0/s1. The molecule has 1 aromatic heterocycles. The molecule has 0 aliphatic rings. The minimum atomic E-state index is -0.893. The van der Waals surface area contributed by atoms with Gasteiger partial charge in [-0.05, 0) is 52.0 Å². The Bertz CT molecular complexity index is 741. The van der Waals surface area contributed by atoms with Crippen molar-refractivity contribution in [3.63, 3.8) is 0 Å². The van der Waals surface area contributed by atoms with Crippen molar-refractivity contribution in [1.29, 1.82) is 0 Å². The van der Waals surface area contributed by atoms with Crippen molar-refractivity contribution < 1.29 is 18.7 Å². The van der Waals surface area contributed by atoms with Gasteiger partial charge in [-0.15, -0.1) is 11.3 Å². The Kier molecular flexibility index (Phi) is 5.66. The van der Waals surface area contributed by atoms with E-state index >= 15 is 0 Å². The van der Waals surface area contributed by atoms with Gasteiger partial charge in [0.2, 0.25) is 0 Å². The number of amides is 1. The molecule has 1 amide bonds. The second-order valence-electron chi connectivity index (χ2n) is 5.65. The number of halogens is 1. The van der Waals surface area contributed by atoms with Crippen molar-refractivity contribution in [3.8, 4) is 10.6 Å². The summed E-state index contributed by atoms with van der Waals surface area (Å²) < 4.78 is 18.2. The molecule has 2 rings (SSSR count). The second kappa shape index (κ2) is 7.53. The third-order valence-corrected chi connectivity index (χ3v) is 4.34. The van der Waals surface area contributed by atoms with Crippen LogP contribution >= 0.6 is 11.3 Å². The van der Waals surface area contributed by atoms with E-state index in [0.717, 1.165) is 11.3 Å². The van der Waals surface area contributed by atoms with Gasteiger partial charge in [0, 0.05) is 11.6 Å². The Balaban J connectivity index is 2.13. The Labute approximate surface area is 143 Å². The third-order valence-electron chi connectivity index (χ3n) is 3.16. The van der Waals surface area contributed by atoms with E-state index in [1.807, 2.05) is 13.8 Å². The van der Waals surface area contributed by atoms with E-state index in [1.54, 1.807) is 19.1 Å². The number of ether oxygens (including phenoxy) is 1. The minimum absolute atomic E-state index is 0.0335. The zero-order chi connectivity index (χ0) is 17.9. The summed E-state index contributed by atoms with van der Waals surface area (Å²) >= 11 is 1.15. The third kappa shape index (κ3) is 4.38. The highest BCUT2D eigenvalue weighted by molar-refractivity contribution is 7.17. The van der Waals surface area contributed by atoms with E-state index in [-0.39, 0.29) is 17.8 Å². The van der Waals surface area contributed by atoms with Gasteiger partial charge in [-0.1, -0.05) is 0 Å². The van der Waals surface area contributed by atoms with Gasteiger partial charge in [0.25, 0.3) is 5.91 Å². The van der Waals surface area contributed by atoms with Gasteiger partial charge in [-0.3, -0.25) is 4.79 Å². The molecule has 0 radical (unpaired) electrons. The summed E-state index contributed by atoms with van der Waals surface area (Å²) in [6.07, 6.45) is -0.893. The quantitative estimate of drug-likeness (QED) is 0.840. The lowest BCUT2D eigenvalue weighted by Gasteiger charge is -2.14. The first-order valence-electron chi connectivity index (χ1n) is 7.52. The van der Waals surface area contributed by atoms with Crippen LogP contribution < -0.4 is 5.32 Å². The van der Waals surface area contributed by atoms with Crippen molar-refractivity contribution >= 4 is 23.2 Å². The lowest BCUT2D eigenvalue weighted by Crippen LogP contribution is -2.39. The number of rotatable bonds is 5. The van der Waals surface area contributed by atoms with Crippen molar-refractivity contribution in [3.05, 3.63) is 40.7 Å². The van der Waals surface area contributed by atoms with E-state index in [9.17, 15) is 14.0 Å². The molecule has 1 heterocycles. The summed E-state index contributed by atoms with van der Waals surface area (Å²) in [6.45, 7) is 6.87. The van der Waals surface area contributed by atoms with Crippen molar-refractivity contribution in [2.75, 3.05) is 0 Å². The molecular weight excluding hydrogens is 331 g/mol. The Morgan fingerprint density at radius 1 is 1.21 bits per heavy atom. The van der Waals surface area contributed by atoms with Crippen LogP contribution in [0.1, 0.15) is 36.1 Å². The van der Waals surface area contributed by atoms with Crippen LogP contribution in [-0.4, -0.2) is 29.0 Å². The number of nitrogens with one attached hydrogen (secondary N) is 1. The molecule has 0 aliphatic carbocycles. The molecule has 5 nitrogen and oxygen atoms in total. The van der Waals surface area contributed by atoms with E-state index < -0.39 is 12.1 Å². The summed E-state index contributed by atoms with van der Waals surface area (Å²) in [4.78, 5) is 28.8. The molecule has 7 heteroatoms. The number of hydrogen-bond acceptors (Lipinski definition) is 5. The molecule has 0 saturated heterocycles. The van der Waals surface area contributed by atoms with Gasteiger partial charge in [-0.2, -0.15) is 0 Å². The molecule has 1 aromatic carbocycles. The highest BCUT2D eigenvalue weighted by atomic mass is 32.1. The number of nitrogens with zero attached hydrogens (tertiary/aromatic N) is 1. The lowest BCUT2D eigenvalue weighted by molar-refractivity contribution is -0.129. The predicted octanol–water partition coefficient (Wildman–Crippen LogP) is 3.33. The Morgan fingerprint density at radius 2 is 1.83 bits per heavy atom. The molecule has 0 fully saturated rings. The zero-order valence-electron chi connectivity index (χ0n) is 13.9. The Morgan fingerprint density at radius 3 is 2.42 bits per heavy atom. The Hall–Kier alpha value is -2.28. The number of benzene rings is 1. The SMILES string of the molecule is Cc1nc(-c2ccc(F)cc2)sc1C(=O)O[C@@H](C)C(=O)NC(C)C. The molecule has 0 saturated carbocycles. The van der Waals surface area contributed by atoms with Gasteiger partial charge in [0.15, 0.2) is 6.10 Å². The van der Waals surface area contributed by atoms with Crippen molar-refractivity contribution in [2.45, 2.75) is 39.8 Å². The molecule has 0 unspecified atom stereocenters. The first-order valence-corrected chi connectivity index (χ1v) is 8.34. The van der Waals surface area contributed by atoms with Gasteiger partial charge in [-0.25, -0.2) is 14.2 Å². The molecule has 128 valence electrons. The summed E-state index contributed by atoms with van der Waals surface area (Å²) in [6, 6.07) is 5.84. The van der Waals surface area contributed by atoms with Gasteiger partial charge in [0.1, 0.15) is 15.7 Å². The van der Waals surface area contributed by atoms with Gasteiger partial charge in [0.05, 0.1) is 5.69 Å². The lowest BCUT2D eigenvalue weighted by atomic mass is 10.2. The van der Waals surface area contributed by atoms with E-state index in [1.165, 1.54) is 19.1 Å². The summed E-state index contributed by atoms with van der Waals surface area (Å²) in [7, 11) is 0. The number of aryl methyl sites for hydroxylation is 1. The fourth-order valence-electron chi connectivity index (χ4n) is 1.97. The van der Waals surface area contributed by atoms with Crippen LogP contribution in [-0.2, 0) is 9.53 Å². The average Bonchev–Trinajstić information content (AvgIpc) is 2.89. The zero-order valence-corrected chi connectivity index (χ0v) is 14.7. The smallest absolute Gasteiger partial charge is 0.351 e. The molecule has 0 aliphatic heterocycles. The van der Waals surface area contributed by atoms with Crippen LogP contribution in [0.5, 0.6) is 0 Å². The molecule has 1 N–H and O–H groups in total.